The summed E-state index contributed by atoms with van der Waals surface area (Å²) in [7, 11) is 0. The number of anilines is 2. The van der Waals surface area contributed by atoms with Gasteiger partial charge in [-0.15, -0.1) is 0 Å². The Morgan fingerprint density at radius 2 is 2.00 bits per heavy atom. The van der Waals surface area contributed by atoms with Crippen LogP contribution in [-0.4, -0.2) is 37.5 Å². The van der Waals surface area contributed by atoms with E-state index in [0.29, 0.717) is 51.8 Å². The van der Waals surface area contributed by atoms with Gasteiger partial charge in [0.2, 0.25) is 0 Å². The van der Waals surface area contributed by atoms with Crippen molar-refractivity contribution < 1.29 is 19.1 Å². The van der Waals surface area contributed by atoms with E-state index in [-0.39, 0.29) is 11.7 Å². The van der Waals surface area contributed by atoms with E-state index in [4.69, 9.17) is 16.0 Å². The van der Waals surface area contributed by atoms with Crippen molar-refractivity contribution in [3.8, 4) is 11.4 Å². The number of nitrogens with zero attached hydrogens (tertiary/aromatic N) is 2. The molecule has 1 aliphatic carbocycles. The number of hydrogen-bond acceptors (Lipinski definition) is 6. The molecule has 0 radical (unpaired) electrons. The number of amides is 2. The minimum Gasteiger partial charge on any atom is -0.459 e. The van der Waals surface area contributed by atoms with Crippen molar-refractivity contribution >= 4 is 46.0 Å². The normalized spacial score (nSPS) is 14.4. The van der Waals surface area contributed by atoms with Gasteiger partial charge in [0.05, 0.1) is 28.7 Å². The highest BCUT2D eigenvalue weighted by atomic mass is 35.5. The molecule has 2 amide bonds. The molecule has 1 aliphatic rings. The lowest BCUT2D eigenvalue weighted by Crippen LogP contribution is -2.29. The SMILES string of the molecule is O=C(Nc1ccc(Cl)c(-c2nc3ncc(NC(=O)C4(O)CC4)cc3[nH]2)c1)c1ccco1. The minimum atomic E-state index is -1.28. The molecule has 31 heavy (non-hydrogen) atoms. The Balaban J connectivity index is 1.42. The Labute approximate surface area is 180 Å². The Hall–Kier alpha value is -3.69. The molecule has 3 heterocycles. The van der Waals surface area contributed by atoms with Crippen molar-refractivity contribution in [2.75, 3.05) is 10.6 Å². The number of rotatable bonds is 5. The van der Waals surface area contributed by atoms with E-state index in [1.807, 2.05) is 0 Å². The molecule has 1 fully saturated rings. The fraction of sp³-hybridized carbons (Fsp3) is 0.143. The van der Waals surface area contributed by atoms with Crippen LogP contribution in [0.5, 0.6) is 0 Å². The Kier molecular flexibility index (Phi) is 4.49. The van der Waals surface area contributed by atoms with E-state index in [1.165, 1.54) is 12.5 Å². The van der Waals surface area contributed by atoms with Crippen molar-refractivity contribution in [1.82, 2.24) is 15.0 Å². The zero-order chi connectivity index (χ0) is 21.6. The van der Waals surface area contributed by atoms with Crippen LogP contribution in [0.2, 0.25) is 5.02 Å². The maximum absolute atomic E-state index is 12.2. The summed E-state index contributed by atoms with van der Waals surface area (Å²) in [6.07, 6.45) is 3.80. The molecule has 0 atom stereocenters. The quantitative estimate of drug-likeness (QED) is 0.377. The van der Waals surface area contributed by atoms with Crippen molar-refractivity contribution in [3.05, 3.63) is 59.6 Å². The Morgan fingerprint density at radius 1 is 1.16 bits per heavy atom. The van der Waals surface area contributed by atoms with Crippen molar-refractivity contribution in [2.45, 2.75) is 18.4 Å². The van der Waals surface area contributed by atoms with Gasteiger partial charge in [-0.25, -0.2) is 9.97 Å². The molecular formula is C21H16ClN5O4. The molecule has 0 unspecified atom stereocenters. The summed E-state index contributed by atoms with van der Waals surface area (Å²) in [6, 6.07) is 9.88. The minimum absolute atomic E-state index is 0.190. The number of aliphatic hydroxyl groups is 1. The molecule has 4 aromatic rings. The number of H-pyrrole nitrogens is 1. The Bertz CT molecular complexity index is 1310. The van der Waals surface area contributed by atoms with Gasteiger partial charge >= 0.3 is 0 Å². The lowest BCUT2D eigenvalue weighted by atomic mass is 10.2. The number of carbonyl (C=O) groups is 2. The first-order valence-electron chi connectivity index (χ1n) is 9.46. The van der Waals surface area contributed by atoms with Crippen molar-refractivity contribution in [1.29, 1.82) is 0 Å². The third kappa shape index (κ3) is 3.76. The summed E-state index contributed by atoms with van der Waals surface area (Å²) in [4.78, 5) is 36.1. The van der Waals surface area contributed by atoms with E-state index < -0.39 is 11.5 Å². The second-order valence-corrected chi connectivity index (χ2v) is 7.70. The highest BCUT2D eigenvalue weighted by molar-refractivity contribution is 6.33. The first kappa shape index (κ1) is 19.3. The van der Waals surface area contributed by atoms with Crippen LogP contribution in [0, 0.1) is 0 Å². The third-order valence-corrected chi connectivity index (χ3v) is 5.30. The van der Waals surface area contributed by atoms with Gasteiger partial charge in [0.1, 0.15) is 11.4 Å². The number of furan rings is 1. The lowest BCUT2D eigenvalue weighted by Gasteiger charge is -2.08. The summed E-state index contributed by atoms with van der Waals surface area (Å²) in [5, 5.41) is 15.7. The van der Waals surface area contributed by atoms with E-state index in [1.54, 1.807) is 36.4 Å². The van der Waals surface area contributed by atoms with Crippen LogP contribution in [0.1, 0.15) is 23.4 Å². The number of aromatic amines is 1. The van der Waals surface area contributed by atoms with Gasteiger partial charge in [-0.1, -0.05) is 11.6 Å². The highest BCUT2D eigenvalue weighted by Gasteiger charge is 2.48. The number of imidazole rings is 1. The molecule has 10 heteroatoms. The molecule has 1 saturated carbocycles. The second-order valence-electron chi connectivity index (χ2n) is 7.29. The maximum atomic E-state index is 12.2. The number of benzene rings is 1. The average molecular weight is 438 g/mol. The van der Waals surface area contributed by atoms with Gasteiger partial charge in [-0.3, -0.25) is 9.59 Å². The predicted octanol–water partition coefficient (Wildman–Crippen LogP) is 3.59. The van der Waals surface area contributed by atoms with Crippen molar-refractivity contribution in [3.63, 3.8) is 0 Å². The van der Waals surface area contributed by atoms with Gasteiger partial charge in [0, 0.05) is 11.3 Å². The van der Waals surface area contributed by atoms with Gasteiger partial charge in [0.15, 0.2) is 11.4 Å². The van der Waals surface area contributed by atoms with Gasteiger partial charge in [0.25, 0.3) is 11.8 Å². The zero-order valence-electron chi connectivity index (χ0n) is 16.0. The molecule has 5 rings (SSSR count). The molecular weight excluding hydrogens is 422 g/mol. The average Bonchev–Trinajstić information content (AvgIpc) is 3.17. The van der Waals surface area contributed by atoms with E-state index in [2.05, 4.69) is 25.6 Å². The largest absolute Gasteiger partial charge is 0.459 e. The highest BCUT2D eigenvalue weighted by Crippen LogP contribution is 2.36. The third-order valence-electron chi connectivity index (χ3n) is 4.97. The monoisotopic (exact) mass is 437 g/mol. The van der Waals surface area contributed by atoms with Crippen LogP contribution < -0.4 is 10.6 Å². The molecule has 0 aliphatic heterocycles. The van der Waals surface area contributed by atoms with Crippen LogP contribution in [-0.2, 0) is 4.79 Å². The standard InChI is InChI=1S/C21H16ClN5O4/c22-14-4-3-11(24-19(28)16-2-1-7-31-16)8-13(14)17-26-15-9-12(10-23-18(15)27-17)25-20(29)21(30)5-6-21/h1-4,7-10,30H,5-6H2,(H,24,28)(H,25,29)(H,23,26,27). The number of pyridine rings is 1. The molecule has 0 bridgehead atoms. The van der Waals surface area contributed by atoms with Crippen molar-refractivity contribution in [2.24, 2.45) is 0 Å². The number of fused-ring (bicyclic) bond motifs is 1. The predicted molar refractivity (Wildman–Crippen MR) is 114 cm³/mol. The van der Waals surface area contributed by atoms with Gasteiger partial charge in [-0.05, 0) is 49.2 Å². The first-order valence-corrected chi connectivity index (χ1v) is 9.83. The number of halogens is 1. The summed E-state index contributed by atoms with van der Waals surface area (Å²) in [5.74, 6) is -0.195. The van der Waals surface area contributed by atoms with Crippen LogP contribution in [0.15, 0.2) is 53.3 Å². The van der Waals surface area contributed by atoms with Gasteiger partial charge in [-0.2, -0.15) is 0 Å². The van der Waals surface area contributed by atoms with E-state index >= 15 is 0 Å². The van der Waals surface area contributed by atoms with Crippen LogP contribution >= 0.6 is 11.6 Å². The van der Waals surface area contributed by atoms with Gasteiger partial charge < -0.3 is 25.1 Å². The smallest absolute Gasteiger partial charge is 0.291 e. The number of carbonyl (C=O) groups excluding carboxylic acids is 2. The summed E-state index contributed by atoms with van der Waals surface area (Å²) in [5.41, 5.74) is 1.26. The van der Waals surface area contributed by atoms with Crippen LogP contribution in [0.3, 0.4) is 0 Å². The second kappa shape index (κ2) is 7.22. The fourth-order valence-electron chi connectivity index (χ4n) is 3.07. The summed E-state index contributed by atoms with van der Waals surface area (Å²) < 4.78 is 5.10. The molecule has 0 saturated heterocycles. The molecule has 4 N–H and O–H groups in total. The summed E-state index contributed by atoms with van der Waals surface area (Å²) in [6.45, 7) is 0. The van der Waals surface area contributed by atoms with E-state index in [9.17, 15) is 14.7 Å². The molecule has 1 aromatic carbocycles. The van der Waals surface area contributed by atoms with Crippen LogP contribution in [0.4, 0.5) is 11.4 Å². The number of hydrogen-bond donors (Lipinski definition) is 4. The fourth-order valence-corrected chi connectivity index (χ4v) is 3.28. The maximum Gasteiger partial charge on any atom is 0.291 e. The molecule has 3 aromatic heterocycles. The number of nitrogens with one attached hydrogen (secondary N) is 3. The van der Waals surface area contributed by atoms with E-state index in [0.717, 1.165) is 0 Å². The van der Waals surface area contributed by atoms with Crippen LogP contribution in [0.25, 0.3) is 22.6 Å². The molecule has 9 nitrogen and oxygen atoms in total. The number of aromatic nitrogens is 3. The summed E-state index contributed by atoms with van der Waals surface area (Å²) >= 11 is 6.36. The topological polar surface area (TPSA) is 133 Å². The lowest BCUT2D eigenvalue weighted by molar-refractivity contribution is -0.125. The Morgan fingerprint density at radius 3 is 2.74 bits per heavy atom. The molecule has 156 valence electrons. The molecule has 0 spiro atoms. The zero-order valence-corrected chi connectivity index (χ0v) is 16.7. The first-order chi connectivity index (χ1) is 14.9.